The van der Waals surface area contributed by atoms with Crippen molar-refractivity contribution in [2.24, 2.45) is 0 Å². The van der Waals surface area contributed by atoms with Crippen molar-refractivity contribution in [3.05, 3.63) is 66.5 Å². The molecule has 0 fully saturated rings. The molecule has 29 heavy (non-hydrogen) atoms. The normalized spacial score (nSPS) is 10.1. The van der Waals surface area contributed by atoms with Gasteiger partial charge in [0.1, 0.15) is 0 Å². The number of carbonyl (C=O) groups excluding carboxylic acids is 1. The molecule has 0 atom stereocenters. The van der Waals surface area contributed by atoms with Gasteiger partial charge in [-0.15, -0.1) is 0 Å². The number of nitrogens with one attached hydrogen (secondary N) is 1. The Labute approximate surface area is 169 Å². The van der Waals surface area contributed by atoms with Gasteiger partial charge in [0.15, 0.2) is 17.3 Å². The molecule has 0 aliphatic rings. The molecule has 0 spiro atoms. The van der Waals surface area contributed by atoms with E-state index < -0.39 is 0 Å². The minimum absolute atomic E-state index is 0.142. The summed E-state index contributed by atoms with van der Waals surface area (Å²) in [5, 5.41) is 11.7. The third-order valence-corrected chi connectivity index (χ3v) is 4.07. The van der Waals surface area contributed by atoms with Crippen LogP contribution < -0.4 is 14.8 Å². The van der Waals surface area contributed by atoms with Crippen LogP contribution in [0.1, 0.15) is 18.4 Å². The highest BCUT2D eigenvalue weighted by Crippen LogP contribution is 2.28. The fourth-order valence-corrected chi connectivity index (χ4v) is 2.62. The molecule has 146 valence electrons. The third kappa shape index (κ3) is 5.53. The van der Waals surface area contributed by atoms with E-state index in [0.717, 1.165) is 5.56 Å². The number of amides is 1. The van der Waals surface area contributed by atoms with E-state index in [0.29, 0.717) is 48.0 Å². The van der Waals surface area contributed by atoms with Crippen LogP contribution in [0.5, 0.6) is 11.5 Å². The van der Waals surface area contributed by atoms with Crippen molar-refractivity contribution >= 4 is 11.6 Å². The summed E-state index contributed by atoms with van der Waals surface area (Å²) in [5.74, 6) is 1.49. The standard InChI is InChI=1S/C22H20N4O3/c1-28-20-12-16(13-23)9-10-19(20)29-11-5-8-21(27)26-18-14-24-22(25-15-18)17-6-3-2-4-7-17/h2-4,6-7,9-10,12,14-15H,5,8,11H2,1H3,(H,26,27). The lowest BCUT2D eigenvalue weighted by Crippen LogP contribution is -2.13. The number of carbonyl (C=O) groups is 1. The van der Waals surface area contributed by atoms with Crippen LogP contribution in [0.15, 0.2) is 60.9 Å². The van der Waals surface area contributed by atoms with Gasteiger partial charge in [-0.2, -0.15) is 5.26 Å². The van der Waals surface area contributed by atoms with E-state index in [-0.39, 0.29) is 5.91 Å². The summed E-state index contributed by atoms with van der Waals surface area (Å²) in [6.07, 6.45) is 3.99. The average Bonchev–Trinajstić information content (AvgIpc) is 2.78. The molecule has 7 nitrogen and oxygen atoms in total. The summed E-state index contributed by atoms with van der Waals surface area (Å²) in [6, 6.07) is 16.6. The lowest BCUT2D eigenvalue weighted by atomic mass is 10.2. The molecule has 0 saturated carbocycles. The molecule has 0 saturated heterocycles. The van der Waals surface area contributed by atoms with Crippen molar-refractivity contribution in [2.45, 2.75) is 12.8 Å². The first kappa shape index (κ1) is 19.8. The topological polar surface area (TPSA) is 97.1 Å². The van der Waals surface area contributed by atoms with Gasteiger partial charge in [-0.1, -0.05) is 30.3 Å². The molecule has 1 heterocycles. The van der Waals surface area contributed by atoms with Gasteiger partial charge < -0.3 is 14.8 Å². The molecular weight excluding hydrogens is 368 g/mol. The number of aromatic nitrogens is 2. The van der Waals surface area contributed by atoms with Gasteiger partial charge in [-0.25, -0.2) is 9.97 Å². The monoisotopic (exact) mass is 388 g/mol. The predicted molar refractivity (Wildman–Crippen MR) is 109 cm³/mol. The second kappa shape index (κ2) is 9.85. The van der Waals surface area contributed by atoms with Crippen molar-refractivity contribution in [3.8, 4) is 29.0 Å². The molecule has 0 aliphatic heterocycles. The maximum absolute atomic E-state index is 12.1. The van der Waals surface area contributed by atoms with Gasteiger partial charge in [0, 0.05) is 18.1 Å². The van der Waals surface area contributed by atoms with Crippen LogP contribution in [0.25, 0.3) is 11.4 Å². The largest absolute Gasteiger partial charge is 0.493 e. The van der Waals surface area contributed by atoms with E-state index in [1.54, 1.807) is 30.6 Å². The number of methoxy groups -OCH3 is 1. The highest BCUT2D eigenvalue weighted by atomic mass is 16.5. The number of nitrogens with zero attached hydrogens (tertiary/aromatic N) is 3. The molecule has 1 aromatic heterocycles. The molecule has 0 aliphatic carbocycles. The maximum atomic E-state index is 12.1. The van der Waals surface area contributed by atoms with E-state index in [9.17, 15) is 4.79 Å². The van der Waals surface area contributed by atoms with E-state index in [1.807, 2.05) is 36.4 Å². The molecule has 2 aromatic carbocycles. The van der Waals surface area contributed by atoms with Gasteiger partial charge in [0.2, 0.25) is 5.91 Å². The summed E-state index contributed by atoms with van der Waals surface area (Å²) < 4.78 is 10.9. The van der Waals surface area contributed by atoms with Gasteiger partial charge in [-0.05, 0) is 18.6 Å². The Balaban J connectivity index is 1.45. The second-order valence-corrected chi connectivity index (χ2v) is 6.14. The molecular formula is C22H20N4O3. The maximum Gasteiger partial charge on any atom is 0.224 e. The lowest BCUT2D eigenvalue weighted by molar-refractivity contribution is -0.116. The van der Waals surface area contributed by atoms with Crippen LogP contribution in [0.2, 0.25) is 0 Å². The van der Waals surface area contributed by atoms with E-state index in [2.05, 4.69) is 15.3 Å². The Bertz CT molecular complexity index is 999. The van der Waals surface area contributed by atoms with Crippen molar-refractivity contribution < 1.29 is 14.3 Å². The Morgan fingerprint density at radius 1 is 1.10 bits per heavy atom. The van der Waals surface area contributed by atoms with Crippen LogP contribution in [-0.2, 0) is 4.79 Å². The Hall–Kier alpha value is -3.92. The summed E-state index contributed by atoms with van der Waals surface area (Å²) in [7, 11) is 1.52. The van der Waals surface area contributed by atoms with Crippen molar-refractivity contribution in [1.82, 2.24) is 9.97 Å². The van der Waals surface area contributed by atoms with Crippen molar-refractivity contribution in [2.75, 3.05) is 19.0 Å². The molecule has 3 rings (SSSR count). The smallest absolute Gasteiger partial charge is 0.224 e. The van der Waals surface area contributed by atoms with Gasteiger partial charge >= 0.3 is 0 Å². The van der Waals surface area contributed by atoms with Crippen LogP contribution in [-0.4, -0.2) is 29.6 Å². The summed E-state index contributed by atoms with van der Waals surface area (Å²) in [6.45, 7) is 0.346. The first-order valence-corrected chi connectivity index (χ1v) is 9.08. The Morgan fingerprint density at radius 2 is 1.86 bits per heavy atom. The lowest BCUT2D eigenvalue weighted by Gasteiger charge is -2.11. The zero-order chi connectivity index (χ0) is 20.5. The van der Waals surface area contributed by atoms with E-state index in [1.165, 1.54) is 7.11 Å². The zero-order valence-electron chi connectivity index (χ0n) is 16.0. The fourth-order valence-electron chi connectivity index (χ4n) is 2.62. The first-order chi connectivity index (χ1) is 14.2. The minimum atomic E-state index is -0.142. The molecule has 1 N–H and O–H groups in total. The molecule has 0 unspecified atom stereocenters. The Morgan fingerprint density at radius 3 is 2.55 bits per heavy atom. The molecule has 0 radical (unpaired) electrons. The predicted octanol–water partition coefficient (Wildman–Crippen LogP) is 3.82. The SMILES string of the molecule is COc1cc(C#N)ccc1OCCCC(=O)Nc1cnc(-c2ccccc2)nc1. The van der Waals surface area contributed by atoms with Crippen LogP contribution >= 0.6 is 0 Å². The number of hydrogen-bond donors (Lipinski definition) is 1. The highest BCUT2D eigenvalue weighted by Gasteiger charge is 2.08. The van der Waals surface area contributed by atoms with Crippen molar-refractivity contribution in [3.63, 3.8) is 0 Å². The van der Waals surface area contributed by atoms with Gasteiger partial charge in [0.25, 0.3) is 0 Å². The second-order valence-electron chi connectivity index (χ2n) is 6.14. The van der Waals surface area contributed by atoms with E-state index in [4.69, 9.17) is 14.7 Å². The quantitative estimate of drug-likeness (QED) is 0.589. The number of benzene rings is 2. The zero-order valence-corrected chi connectivity index (χ0v) is 16.0. The molecule has 7 heteroatoms. The van der Waals surface area contributed by atoms with Crippen LogP contribution in [0.3, 0.4) is 0 Å². The number of anilines is 1. The van der Waals surface area contributed by atoms with Gasteiger partial charge in [0.05, 0.1) is 43.4 Å². The van der Waals surface area contributed by atoms with E-state index >= 15 is 0 Å². The Kier molecular flexibility index (Phi) is 6.74. The number of ether oxygens (including phenoxy) is 2. The summed E-state index contributed by atoms with van der Waals surface area (Å²) >= 11 is 0. The molecule has 1 amide bonds. The summed E-state index contributed by atoms with van der Waals surface area (Å²) in [4.78, 5) is 20.7. The van der Waals surface area contributed by atoms with Gasteiger partial charge in [-0.3, -0.25) is 4.79 Å². The number of nitriles is 1. The number of rotatable bonds is 8. The van der Waals surface area contributed by atoms with Crippen LogP contribution in [0.4, 0.5) is 5.69 Å². The molecule has 3 aromatic rings. The van der Waals surface area contributed by atoms with Crippen molar-refractivity contribution in [1.29, 1.82) is 5.26 Å². The van der Waals surface area contributed by atoms with Crippen LogP contribution in [0, 0.1) is 11.3 Å². The minimum Gasteiger partial charge on any atom is -0.493 e. The molecule has 0 bridgehead atoms. The average molecular weight is 388 g/mol. The highest BCUT2D eigenvalue weighted by molar-refractivity contribution is 5.90. The third-order valence-electron chi connectivity index (χ3n) is 4.07. The summed E-state index contributed by atoms with van der Waals surface area (Å²) in [5.41, 5.74) is 1.96. The fraction of sp³-hybridized carbons (Fsp3) is 0.182. The number of hydrogen-bond acceptors (Lipinski definition) is 6. The first-order valence-electron chi connectivity index (χ1n) is 9.08.